The van der Waals surface area contributed by atoms with Gasteiger partial charge in [0.25, 0.3) is 0 Å². The number of rotatable bonds is 3. The van der Waals surface area contributed by atoms with E-state index in [1.165, 1.54) is 5.56 Å². The molecule has 78 valence electrons. The van der Waals surface area contributed by atoms with Crippen molar-refractivity contribution in [2.75, 3.05) is 7.05 Å². The molecule has 0 saturated heterocycles. The molecule has 0 radical (unpaired) electrons. The van der Waals surface area contributed by atoms with Crippen LogP contribution in [0, 0.1) is 5.92 Å². The molecule has 1 nitrogen and oxygen atoms in total. The summed E-state index contributed by atoms with van der Waals surface area (Å²) in [5.41, 5.74) is 1.31. The molecule has 1 unspecified atom stereocenters. The Morgan fingerprint density at radius 3 is 2.29 bits per heavy atom. The normalized spacial score (nSPS) is 13.3. The Labute approximate surface area is 103 Å². The second-order valence-electron chi connectivity index (χ2n) is 3.68. The lowest BCUT2D eigenvalue weighted by Gasteiger charge is -2.22. The van der Waals surface area contributed by atoms with Crippen molar-refractivity contribution in [2.24, 2.45) is 5.92 Å². The summed E-state index contributed by atoms with van der Waals surface area (Å²) >= 11 is 7.04. The molecule has 0 spiro atoms. The zero-order valence-corrected chi connectivity index (χ0v) is 11.8. The first kappa shape index (κ1) is 12.2. The van der Waals surface area contributed by atoms with Crippen molar-refractivity contribution >= 4 is 31.9 Å². The predicted octanol–water partition coefficient (Wildman–Crippen LogP) is 4.13. The average Bonchev–Trinajstić information content (AvgIpc) is 2.09. The molecule has 1 aromatic rings. The van der Waals surface area contributed by atoms with Crippen LogP contribution in [0.15, 0.2) is 27.1 Å². The van der Waals surface area contributed by atoms with Gasteiger partial charge in [0, 0.05) is 15.0 Å². The van der Waals surface area contributed by atoms with Gasteiger partial charge in [-0.05, 0) is 30.7 Å². The van der Waals surface area contributed by atoms with Crippen LogP contribution < -0.4 is 5.32 Å². The first-order chi connectivity index (χ1) is 6.56. The largest absolute Gasteiger partial charge is 0.313 e. The van der Waals surface area contributed by atoms with E-state index in [0.29, 0.717) is 12.0 Å². The van der Waals surface area contributed by atoms with Crippen LogP contribution in [0.3, 0.4) is 0 Å². The summed E-state index contributed by atoms with van der Waals surface area (Å²) < 4.78 is 2.26. The van der Waals surface area contributed by atoms with E-state index in [2.05, 4.69) is 69.2 Å². The molecule has 1 rings (SSSR count). The molecule has 0 amide bonds. The second-order valence-corrected chi connectivity index (χ2v) is 5.45. The Hall–Kier alpha value is 0.140. The Morgan fingerprint density at radius 1 is 1.21 bits per heavy atom. The van der Waals surface area contributed by atoms with Gasteiger partial charge in [-0.25, -0.2) is 0 Å². The fourth-order valence-corrected chi connectivity index (χ4v) is 2.90. The summed E-state index contributed by atoms with van der Waals surface area (Å²) in [4.78, 5) is 0. The highest BCUT2D eigenvalue weighted by atomic mass is 79.9. The molecule has 0 bridgehead atoms. The SMILES string of the molecule is CNC(c1ccc(Br)cc1Br)C(C)C. The average molecular weight is 321 g/mol. The summed E-state index contributed by atoms with van der Waals surface area (Å²) in [6.45, 7) is 4.44. The molecule has 1 N–H and O–H groups in total. The van der Waals surface area contributed by atoms with Crippen LogP contribution in [-0.4, -0.2) is 7.05 Å². The van der Waals surface area contributed by atoms with Gasteiger partial charge in [-0.2, -0.15) is 0 Å². The molecular formula is C11H15Br2N. The lowest BCUT2D eigenvalue weighted by Crippen LogP contribution is -2.22. The van der Waals surface area contributed by atoms with E-state index < -0.39 is 0 Å². The highest BCUT2D eigenvalue weighted by Crippen LogP contribution is 2.30. The second kappa shape index (κ2) is 5.29. The monoisotopic (exact) mass is 319 g/mol. The van der Waals surface area contributed by atoms with Crippen molar-refractivity contribution in [3.8, 4) is 0 Å². The van der Waals surface area contributed by atoms with Crippen LogP contribution in [0.2, 0.25) is 0 Å². The van der Waals surface area contributed by atoms with Gasteiger partial charge in [-0.15, -0.1) is 0 Å². The van der Waals surface area contributed by atoms with Crippen LogP contribution in [0.25, 0.3) is 0 Å². The molecule has 0 aliphatic heterocycles. The lowest BCUT2D eigenvalue weighted by molar-refractivity contribution is 0.441. The van der Waals surface area contributed by atoms with E-state index in [-0.39, 0.29) is 0 Å². The standard InChI is InChI=1S/C11H15Br2N/c1-7(2)11(14-3)9-5-4-8(12)6-10(9)13/h4-7,11,14H,1-3H3. The Kier molecular flexibility index (Phi) is 4.61. The third-order valence-electron chi connectivity index (χ3n) is 2.28. The molecule has 1 aromatic carbocycles. The molecule has 0 aromatic heterocycles. The van der Waals surface area contributed by atoms with Gasteiger partial charge in [-0.3, -0.25) is 0 Å². The van der Waals surface area contributed by atoms with Crippen LogP contribution in [0.4, 0.5) is 0 Å². The summed E-state index contributed by atoms with van der Waals surface area (Å²) in [5, 5.41) is 3.33. The van der Waals surface area contributed by atoms with Gasteiger partial charge >= 0.3 is 0 Å². The zero-order valence-electron chi connectivity index (χ0n) is 8.64. The molecular weight excluding hydrogens is 306 g/mol. The maximum Gasteiger partial charge on any atom is 0.0352 e. The van der Waals surface area contributed by atoms with Crippen molar-refractivity contribution in [2.45, 2.75) is 19.9 Å². The number of nitrogens with one attached hydrogen (secondary N) is 1. The summed E-state index contributed by atoms with van der Waals surface area (Å²) in [5.74, 6) is 0.581. The highest BCUT2D eigenvalue weighted by molar-refractivity contribution is 9.11. The fourth-order valence-electron chi connectivity index (χ4n) is 1.60. The van der Waals surface area contributed by atoms with Crippen molar-refractivity contribution in [1.82, 2.24) is 5.32 Å². The maximum absolute atomic E-state index is 3.59. The van der Waals surface area contributed by atoms with Crippen molar-refractivity contribution in [3.05, 3.63) is 32.7 Å². The van der Waals surface area contributed by atoms with E-state index in [0.717, 1.165) is 8.95 Å². The highest BCUT2D eigenvalue weighted by Gasteiger charge is 2.15. The van der Waals surface area contributed by atoms with E-state index >= 15 is 0 Å². The molecule has 0 aliphatic rings. The smallest absolute Gasteiger partial charge is 0.0352 e. The Bertz CT molecular complexity index is 310. The minimum atomic E-state index is 0.400. The lowest BCUT2D eigenvalue weighted by atomic mass is 9.96. The number of halogens is 2. The van der Waals surface area contributed by atoms with Gasteiger partial charge in [0.15, 0.2) is 0 Å². The number of hydrogen-bond acceptors (Lipinski definition) is 1. The minimum Gasteiger partial charge on any atom is -0.313 e. The van der Waals surface area contributed by atoms with Crippen LogP contribution in [0.5, 0.6) is 0 Å². The molecule has 0 fully saturated rings. The molecule has 14 heavy (non-hydrogen) atoms. The van der Waals surface area contributed by atoms with Crippen molar-refractivity contribution < 1.29 is 0 Å². The van der Waals surface area contributed by atoms with E-state index in [9.17, 15) is 0 Å². The molecule has 0 aliphatic carbocycles. The zero-order chi connectivity index (χ0) is 10.7. The van der Waals surface area contributed by atoms with Gasteiger partial charge in [0.05, 0.1) is 0 Å². The van der Waals surface area contributed by atoms with Crippen LogP contribution in [0.1, 0.15) is 25.5 Å². The van der Waals surface area contributed by atoms with Crippen LogP contribution >= 0.6 is 31.9 Å². The fraction of sp³-hybridized carbons (Fsp3) is 0.455. The maximum atomic E-state index is 3.59. The minimum absolute atomic E-state index is 0.400. The molecule has 1 atom stereocenters. The third-order valence-corrected chi connectivity index (χ3v) is 3.46. The van der Waals surface area contributed by atoms with Gasteiger partial charge < -0.3 is 5.32 Å². The molecule has 0 heterocycles. The summed E-state index contributed by atoms with van der Waals surface area (Å²) in [7, 11) is 2.00. The third kappa shape index (κ3) is 2.81. The van der Waals surface area contributed by atoms with Gasteiger partial charge in [-0.1, -0.05) is 51.8 Å². The first-order valence-electron chi connectivity index (χ1n) is 4.68. The van der Waals surface area contributed by atoms with E-state index in [1.54, 1.807) is 0 Å². The van der Waals surface area contributed by atoms with Crippen LogP contribution in [-0.2, 0) is 0 Å². The van der Waals surface area contributed by atoms with Crippen molar-refractivity contribution in [1.29, 1.82) is 0 Å². The summed E-state index contributed by atoms with van der Waals surface area (Å²) in [6.07, 6.45) is 0. The van der Waals surface area contributed by atoms with Gasteiger partial charge in [0.2, 0.25) is 0 Å². The predicted molar refractivity (Wildman–Crippen MR) is 68.5 cm³/mol. The summed E-state index contributed by atoms with van der Waals surface area (Å²) in [6, 6.07) is 6.71. The Balaban J connectivity index is 3.04. The van der Waals surface area contributed by atoms with E-state index in [4.69, 9.17) is 0 Å². The Morgan fingerprint density at radius 2 is 1.86 bits per heavy atom. The van der Waals surface area contributed by atoms with Gasteiger partial charge in [0.1, 0.15) is 0 Å². The topological polar surface area (TPSA) is 12.0 Å². The number of hydrogen-bond donors (Lipinski definition) is 1. The first-order valence-corrected chi connectivity index (χ1v) is 6.27. The quantitative estimate of drug-likeness (QED) is 0.883. The van der Waals surface area contributed by atoms with E-state index in [1.807, 2.05) is 7.05 Å². The molecule has 0 saturated carbocycles. The van der Waals surface area contributed by atoms with Crippen molar-refractivity contribution in [3.63, 3.8) is 0 Å². The molecule has 3 heteroatoms. The number of benzene rings is 1.